The molecule has 0 radical (unpaired) electrons. The minimum absolute atomic E-state index is 0.0702. The van der Waals surface area contributed by atoms with Gasteiger partial charge in [-0.3, -0.25) is 19.3 Å². The fourth-order valence-corrected chi connectivity index (χ4v) is 2.18. The standard InChI is InChI=1S/C11H17NO4S/c1-8(13)3-5-16-6-4-12-10(14)7-9(17-2)11(12)15/h9H,3-7H2,1-2H3. The molecule has 96 valence electrons. The van der Waals surface area contributed by atoms with E-state index in [9.17, 15) is 14.4 Å². The molecule has 0 saturated carbocycles. The number of carbonyl (C=O) groups is 3. The van der Waals surface area contributed by atoms with E-state index in [4.69, 9.17) is 4.74 Å². The molecule has 1 aliphatic heterocycles. The Hall–Kier alpha value is -0.880. The highest BCUT2D eigenvalue weighted by atomic mass is 32.2. The zero-order valence-corrected chi connectivity index (χ0v) is 10.9. The lowest BCUT2D eigenvalue weighted by atomic mass is 10.3. The highest BCUT2D eigenvalue weighted by molar-refractivity contribution is 8.00. The van der Waals surface area contributed by atoms with Crippen LogP contribution >= 0.6 is 11.8 Å². The van der Waals surface area contributed by atoms with Gasteiger partial charge in [0.15, 0.2) is 0 Å². The zero-order valence-electron chi connectivity index (χ0n) is 10.1. The van der Waals surface area contributed by atoms with Crippen LogP contribution in [0.3, 0.4) is 0 Å². The maximum absolute atomic E-state index is 11.7. The Morgan fingerprint density at radius 2 is 2.18 bits per heavy atom. The third kappa shape index (κ3) is 4.12. The molecular weight excluding hydrogens is 242 g/mol. The van der Waals surface area contributed by atoms with Crippen molar-refractivity contribution in [1.29, 1.82) is 0 Å². The summed E-state index contributed by atoms with van der Waals surface area (Å²) in [7, 11) is 0. The summed E-state index contributed by atoms with van der Waals surface area (Å²) < 4.78 is 5.20. The van der Waals surface area contributed by atoms with E-state index in [0.717, 1.165) is 0 Å². The predicted molar refractivity (Wildman–Crippen MR) is 64.8 cm³/mol. The topological polar surface area (TPSA) is 63.7 Å². The molecule has 0 N–H and O–H groups in total. The van der Waals surface area contributed by atoms with Crippen LogP contribution in [0, 0.1) is 0 Å². The SMILES string of the molecule is CSC1CC(=O)N(CCOCCC(C)=O)C1=O. The van der Waals surface area contributed by atoms with Gasteiger partial charge in [-0.25, -0.2) is 0 Å². The molecule has 1 aliphatic rings. The van der Waals surface area contributed by atoms with Gasteiger partial charge in [-0.05, 0) is 13.2 Å². The predicted octanol–water partition coefficient (Wildman–Crippen LogP) is 0.473. The van der Waals surface area contributed by atoms with Crippen LogP contribution in [0.5, 0.6) is 0 Å². The number of rotatable bonds is 7. The number of hydrogen-bond donors (Lipinski definition) is 0. The highest BCUT2D eigenvalue weighted by Crippen LogP contribution is 2.22. The normalized spacial score (nSPS) is 20.1. The maximum atomic E-state index is 11.7. The first-order chi connectivity index (χ1) is 8.06. The molecule has 1 rings (SSSR count). The molecule has 6 heteroatoms. The summed E-state index contributed by atoms with van der Waals surface area (Å²) in [6.07, 6.45) is 2.48. The Morgan fingerprint density at radius 3 is 2.71 bits per heavy atom. The Balaban J connectivity index is 2.25. The second kappa shape index (κ2) is 6.76. The van der Waals surface area contributed by atoms with Gasteiger partial charge < -0.3 is 4.74 Å². The van der Waals surface area contributed by atoms with E-state index in [0.29, 0.717) is 19.6 Å². The van der Waals surface area contributed by atoms with Gasteiger partial charge in [0, 0.05) is 12.8 Å². The molecule has 1 atom stereocenters. The van der Waals surface area contributed by atoms with E-state index in [-0.39, 0.29) is 35.8 Å². The molecule has 0 aromatic carbocycles. The van der Waals surface area contributed by atoms with Crippen LogP contribution in [-0.2, 0) is 19.1 Å². The Kier molecular flexibility index (Phi) is 5.64. The van der Waals surface area contributed by atoms with Crippen molar-refractivity contribution < 1.29 is 19.1 Å². The molecule has 5 nitrogen and oxygen atoms in total. The quantitative estimate of drug-likeness (QED) is 0.491. The van der Waals surface area contributed by atoms with Crippen LogP contribution in [0.1, 0.15) is 19.8 Å². The minimum atomic E-state index is -0.236. The zero-order chi connectivity index (χ0) is 12.8. The lowest BCUT2D eigenvalue weighted by Crippen LogP contribution is -2.34. The molecule has 0 bridgehead atoms. The Bertz CT molecular complexity index is 319. The van der Waals surface area contributed by atoms with Crippen LogP contribution in [0.15, 0.2) is 0 Å². The number of likely N-dealkylation sites (tertiary alicyclic amines) is 1. The molecule has 1 unspecified atom stereocenters. The van der Waals surface area contributed by atoms with Gasteiger partial charge in [0.1, 0.15) is 5.78 Å². The van der Waals surface area contributed by atoms with Crippen LogP contribution in [0.25, 0.3) is 0 Å². The molecule has 0 aliphatic carbocycles. The van der Waals surface area contributed by atoms with Crippen LogP contribution in [-0.4, -0.2) is 53.8 Å². The molecule has 1 fully saturated rings. The van der Waals surface area contributed by atoms with E-state index in [2.05, 4.69) is 0 Å². The average molecular weight is 259 g/mol. The van der Waals surface area contributed by atoms with Crippen molar-refractivity contribution in [2.75, 3.05) is 26.0 Å². The van der Waals surface area contributed by atoms with Gasteiger partial charge >= 0.3 is 0 Å². The van der Waals surface area contributed by atoms with Crippen LogP contribution < -0.4 is 0 Å². The van der Waals surface area contributed by atoms with E-state index in [1.807, 2.05) is 6.26 Å². The lowest BCUT2D eigenvalue weighted by Gasteiger charge is -2.14. The number of ketones is 1. The first-order valence-electron chi connectivity index (χ1n) is 5.50. The summed E-state index contributed by atoms with van der Waals surface area (Å²) in [4.78, 5) is 35.1. The monoisotopic (exact) mass is 259 g/mol. The van der Waals surface area contributed by atoms with Crippen LogP contribution in [0.4, 0.5) is 0 Å². The molecule has 0 aromatic rings. The third-order valence-electron chi connectivity index (χ3n) is 2.54. The van der Waals surface area contributed by atoms with Crippen molar-refractivity contribution in [3.05, 3.63) is 0 Å². The average Bonchev–Trinajstić information content (AvgIpc) is 2.54. The second-order valence-corrected chi connectivity index (χ2v) is 4.92. The van der Waals surface area contributed by atoms with Gasteiger partial charge in [-0.2, -0.15) is 11.8 Å². The summed E-state index contributed by atoms with van der Waals surface area (Å²) in [6, 6.07) is 0. The number of thioether (sulfide) groups is 1. The van der Waals surface area contributed by atoms with E-state index < -0.39 is 0 Å². The molecule has 1 saturated heterocycles. The molecule has 0 spiro atoms. The fourth-order valence-electron chi connectivity index (χ4n) is 1.55. The molecule has 2 amide bonds. The van der Waals surface area contributed by atoms with Gasteiger partial charge in [0.05, 0.1) is 25.0 Å². The van der Waals surface area contributed by atoms with Crippen molar-refractivity contribution in [3.8, 4) is 0 Å². The number of Topliss-reactive ketones (excluding diaryl/α,β-unsaturated/α-hetero) is 1. The summed E-state index contributed by atoms with van der Waals surface area (Å²) in [5, 5.41) is -0.236. The molecule has 0 aromatic heterocycles. The maximum Gasteiger partial charge on any atom is 0.242 e. The number of hydrogen-bond acceptors (Lipinski definition) is 5. The van der Waals surface area contributed by atoms with Gasteiger partial charge in [-0.15, -0.1) is 0 Å². The van der Waals surface area contributed by atoms with Crippen molar-refractivity contribution >= 4 is 29.4 Å². The molecular formula is C11H17NO4S. The van der Waals surface area contributed by atoms with E-state index in [1.165, 1.54) is 23.6 Å². The number of ether oxygens (including phenoxy) is 1. The smallest absolute Gasteiger partial charge is 0.242 e. The van der Waals surface area contributed by atoms with Gasteiger partial charge in [0.25, 0.3) is 0 Å². The van der Waals surface area contributed by atoms with Crippen LogP contribution in [0.2, 0.25) is 0 Å². The molecule has 1 heterocycles. The number of nitrogens with zero attached hydrogens (tertiary/aromatic N) is 1. The van der Waals surface area contributed by atoms with Crippen molar-refractivity contribution in [2.45, 2.75) is 25.0 Å². The van der Waals surface area contributed by atoms with Gasteiger partial charge in [-0.1, -0.05) is 0 Å². The Labute approximate surface area is 105 Å². The summed E-state index contributed by atoms with van der Waals surface area (Å²) in [5.74, 6) is -0.192. The third-order valence-corrected chi connectivity index (χ3v) is 3.48. The summed E-state index contributed by atoms with van der Waals surface area (Å²) in [6.45, 7) is 2.43. The number of amides is 2. The fraction of sp³-hybridized carbons (Fsp3) is 0.727. The Morgan fingerprint density at radius 1 is 1.47 bits per heavy atom. The molecule has 17 heavy (non-hydrogen) atoms. The first kappa shape index (κ1) is 14.2. The highest BCUT2D eigenvalue weighted by Gasteiger charge is 2.37. The number of carbonyl (C=O) groups excluding carboxylic acids is 3. The first-order valence-corrected chi connectivity index (χ1v) is 6.79. The van der Waals surface area contributed by atoms with Gasteiger partial charge in [0.2, 0.25) is 11.8 Å². The summed E-state index contributed by atoms with van der Waals surface area (Å²) >= 11 is 1.40. The van der Waals surface area contributed by atoms with E-state index in [1.54, 1.807) is 0 Å². The van der Waals surface area contributed by atoms with Crippen molar-refractivity contribution in [2.24, 2.45) is 0 Å². The minimum Gasteiger partial charge on any atom is -0.379 e. The lowest BCUT2D eigenvalue weighted by molar-refractivity contribution is -0.139. The van der Waals surface area contributed by atoms with E-state index >= 15 is 0 Å². The van der Waals surface area contributed by atoms with Crippen molar-refractivity contribution in [1.82, 2.24) is 4.90 Å². The second-order valence-electron chi connectivity index (χ2n) is 3.88. The largest absolute Gasteiger partial charge is 0.379 e. The van der Waals surface area contributed by atoms with Crippen molar-refractivity contribution in [3.63, 3.8) is 0 Å². The summed E-state index contributed by atoms with van der Waals surface area (Å²) in [5.41, 5.74) is 0. The number of imide groups is 1.